The smallest absolute Gasteiger partial charge is 0.323 e. The molecule has 1 aromatic heterocycles. The van der Waals surface area contributed by atoms with E-state index in [4.69, 9.17) is 0 Å². The molecule has 2 aliphatic heterocycles. The second-order valence-electron chi connectivity index (χ2n) is 5.30. The van der Waals surface area contributed by atoms with Gasteiger partial charge in [0.05, 0.1) is 5.56 Å². The Balaban J connectivity index is 1.95. The maximum absolute atomic E-state index is 12.8. The van der Waals surface area contributed by atoms with Gasteiger partial charge in [0, 0.05) is 6.20 Å². The largest absolute Gasteiger partial charge is 0.416 e. The van der Waals surface area contributed by atoms with Crippen LogP contribution in [0.3, 0.4) is 0 Å². The number of nitrogens with one attached hydrogen (secondary N) is 2. The molecule has 1 spiro atoms. The van der Waals surface area contributed by atoms with E-state index in [1.54, 1.807) is 0 Å². The summed E-state index contributed by atoms with van der Waals surface area (Å²) in [5, 5.41) is 5.67. The first-order chi connectivity index (χ1) is 10.3. The molecule has 0 aliphatic carbocycles. The number of aromatic nitrogens is 1. The van der Waals surface area contributed by atoms with Gasteiger partial charge in [-0.3, -0.25) is 4.79 Å². The van der Waals surface area contributed by atoms with E-state index < -0.39 is 29.2 Å². The number of alkyl halides is 3. The Morgan fingerprint density at radius 3 is 2.55 bits per heavy atom. The lowest BCUT2D eigenvalue weighted by Crippen LogP contribution is -2.54. The van der Waals surface area contributed by atoms with Crippen molar-refractivity contribution in [2.75, 3.05) is 18.0 Å². The zero-order valence-electron chi connectivity index (χ0n) is 11.4. The van der Waals surface area contributed by atoms with Crippen molar-refractivity contribution in [3.63, 3.8) is 0 Å². The lowest BCUT2D eigenvalue weighted by molar-refractivity contribution is -0.137. The highest BCUT2D eigenvalue weighted by Crippen LogP contribution is 2.33. The minimum atomic E-state index is -4.57. The molecule has 6 nitrogen and oxygen atoms in total. The van der Waals surface area contributed by atoms with Gasteiger partial charge >= 0.3 is 12.2 Å². The molecule has 2 fully saturated rings. The highest BCUT2D eigenvalue weighted by molar-refractivity contribution is 6.22. The van der Waals surface area contributed by atoms with Crippen LogP contribution in [0.2, 0.25) is 0 Å². The predicted octanol–water partition coefficient (Wildman–Crippen LogP) is 1.28. The van der Waals surface area contributed by atoms with Crippen LogP contribution in [0.15, 0.2) is 18.3 Å². The third-order valence-electron chi connectivity index (χ3n) is 3.92. The summed E-state index contributed by atoms with van der Waals surface area (Å²) >= 11 is 0. The second-order valence-corrected chi connectivity index (χ2v) is 5.30. The molecule has 0 radical (unpaired) electrons. The van der Waals surface area contributed by atoms with Crippen LogP contribution >= 0.6 is 0 Å². The summed E-state index contributed by atoms with van der Waals surface area (Å²) in [6.07, 6.45) is -2.84. The van der Waals surface area contributed by atoms with E-state index in [1.807, 2.05) is 0 Å². The lowest BCUT2D eigenvalue weighted by atomic mass is 9.88. The number of urea groups is 1. The molecular weight excluding hydrogens is 301 g/mol. The summed E-state index contributed by atoms with van der Waals surface area (Å²) in [5.74, 6) is -0.862. The van der Waals surface area contributed by atoms with Crippen LogP contribution in [0, 0.1) is 0 Å². The van der Waals surface area contributed by atoms with E-state index in [-0.39, 0.29) is 5.82 Å². The standard InChI is InChI=1S/C13H13F3N4O2/c14-13(15,16)8-1-4-18-9(7-8)20-10(21)12(19-11(20)22)2-5-17-6-3-12/h1,4,7,17H,2-3,5-6H2,(H,19,22). The number of piperidine rings is 1. The number of rotatable bonds is 1. The number of anilines is 1. The van der Waals surface area contributed by atoms with Gasteiger partial charge in [0.1, 0.15) is 11.4 Å². The van der Waals surface area contributed by atoms with Crippen molar-refractivity contribution in [2.24, 2.45) is 0 Å². The number of halogens is 3. The summed E-state index contributed by atoms with van der Waals surface area (Å²) < 4.78 is 38.3. The first kappa shape index (κ1) is 14.8. The van der Waals surface area contributed by atoms with Gasteiger partial charge in [-0.2, -0.15) is 13.2 Å². The normalized spacial score (nSPS) is 21.3. The predicted molar refractivity (Wildman–Crippen MR) is 70.1 cm³/mol. The molecule has 2 saturated heterocycles. The van der Waals surface area contributed by atoms with E-state index in [1.165, 1.54) is 0 Å². The van der Waals surface area contributed by atoms with Crippen LogP contribution in [-0.2, 0) is 11.0 Å². The number of carbonyl (C=O) groups excluding carboxylic acids is 2. The van der Waals surface area contributed by atoms with Crippen molar-refractivity contribution >= 4 is 17.8 Å². The number of pyridine rings is 1. The Labute approximate surface area is 123 Å². The first-order valence-corrected chi connectivity index (χ1v) is 6.74. The monoisotopic (exact) mass is 314 g/mol. The second kappa shape index (κ2) is 4.94. The van der Waals surface area contributed by atoms with Crippen molar-refractivity contribution in [3.05, 3.63) is 23.9 Å². The topological polar surface area (TPSA) is 74.3 Å². The van der Waals surface area contributed by atoms with Gasteiger partial charge in [-0.25, -0.2) is 14.7 Å². The molecule has 0 unspecified atom stereocenters. The molecule has 22 heavy (non-hydrogen) atoms. The van der Waals surface area contributed by atoms with E-state index >= 15 is 0 Å². The van der Waals surface area contributed by atoms with E-state index in [2.05, 4.69) is 15.6 Å². The summed E-state index contributed by atoms with van der Waals surface area (Å²) in [5.41, 5.74) is -2.00. The van der Waals surface area contributed by atoms with Gasteiger partial charge in [-0.15, -0.1) is 0 Å². The lowest BCUT2D eigenvalue weighted by Gasteiger charge is -2.30. The van der Waals surface area contributed by atoms with Gasteiger partial charge in [0.15, 0.2) is 0 Å². The van der Waals surface area contributed by atoms with Crippen molar-refractivity contribution in [1.29, 1.82) is 0 Å². The minimum Gasteiger partial charge on any atom is -0.323 e. The van der Waals surface area contributed by atoms with Gasteiger partial charge in [-0.05, 0) is 38.1 Å². The number of amides is 3. The first-order valence-electron chi connectivity index (χ1n) is 6.74. The van der Waals surface area contributed by atoms with Gasteiger partial charge < -0.3 is 10.6 Å². The van der Waals surface area contributed by atoms with Crippen molar-refractivity contribution in [1.82, 2.24) is 15.6 Å². The number of hydrogen-bond donors (Lipinski definition) is 2. The summed E-state index contributed by atoms with van der Waals surface area (Å²) in [4.78, 5) is 29.1. The van der Waals surface area contributed by atoms with Crippen molar-refractivity contribution in [3.8, 4) is 0 Å². The molecule has 3 rings (SSSR count). The Bertz CT molecular complexity index is 626. The maximum atomic E-state index is 12.8. The molecule has 118 valence electrons. The Morgan fingerprint density at radius 1 is 1.23 bits per heavy atom. The van der Waals surface area contributed by atoms with Gasteiger partial charge in [0.25, 0.3) is 5.91 Å². The molecule has 9 heteroatoms. The highest BCUT2D eigenvalue weighted by atomic mass is 19.4. The number of imide groups is 1. The number of carbonyl (C=O) groups is 2. The molecule has 0 atom stereocenters. The maximum Gasteiger partial charge on any atom is 0.416 e. The third kappa shape index (κ3) is 2.31. The van der Waals surface area contributed by atoms with E-state index in [0.29, 0.717) is 36.9 Å². The van der Waals surface area contributed by atoms with Crippen LogP contribution in [0.4, 0.5) is 23.8 Å². The molecule has 0 aromatic carbocycles. The molecule has 0 bridgehead atoms. The number of nitrogens with zero attached hydrogens (tertiary/aromatic N) is 2. The molecule has 2 N–H and O–H groups in total. The fourth-order valence-corrected chi connectivity index (χ4v) is 2.74. The minimum absolute atomic E-state index is 0.312. The average molecular weight is 314 g/mol. The average Bonchev–Trinajstić information content (AvgIpc) is 2.70. The van der Waals surface area contributed by atoms with Crippen molar-refractivity contribution < 1.29 is 22.8 Å². The molecule has 0 saturated carbocycles. The highest BCUT2D eigenvalue weighted by Gasteiger charge is 2.52. The third-order valence-corrected chi connectivity index (χ3v) is 3.92. The van der Waals surface area contributed by atoms with Crippen LogP contribution in [0.1, 0.15) is 18.4 Å². The number of hydrogen-bond acceptors (Lipinski definition) is 4. The van der Waals surface area contributed by atoms with Gasteiger partial charge in [-0.1, -0.05) is 0 Å². The SMILES string of the molecule is O=C1NC2(CCNCC2)C(=O)N1c1cc(C(F)(F)F)ccn1. The summed E-state index contributed by atoms with van der Waals surface area (Å²) in [7, 11) is 0. The zero-order valence-corrected chi connectivity index (χ0v) is 11.4. The molecular formula is C13H13F3N4O2. The van der Waals surface area contributed by atoms with Crippen LogP contribution in [0.5, 0.6) is 0 Å². The zero-order chi connectivity index (χ0) is 16.0. The van der Waals surface area contributed by atoms with E-state index in [0.717, 1.165) is 12.3 Å². The van der Waals surface area contributed by atoms with Crippen LogP contribution in [-0.4, -0.2) is 35.6 Å². The fraction of sp³-hybridized carbons (Fsp3) is 0.462. The molecule has 2 aliphatic rings. The summed E-state index contributed by atoms with van der Waals surface area (Å²) in [6, 6.07) is 0.763. The quantitative estimate of drug-likeness (QED) is 0.766. The summed E-state index contributed by atoms with van der Waals surface area (Å²) in [6.45, 7) is 1.10. The molecule has 3 amide bonds. The van der Waals surface area contributed by atoms with Gasteiger partial charge in [0.2, 0.25) is 0 Å². The fourth-order valence-electron chi connectivity index (χ4n) is 2.74. The Morgan fingerprint density at radius 2 is 1.91 bits per heavy atom. The molecule has 3 heterocycles. The molecule has 1 aromatic rings. The van der Waals surface area contributed by atoms with Crippen molar-refractivity contribution in [2.45, 2.75) is 24.6 Å². The van der Waals surface area contributed by atoms with E-state index in [9.17, 15) is 22.8 Å². The van der Waals surface area contributed by atoms with Crippen LogP contribution < -0.4 is 15.5 Å². The Kier molecular flexibility index (Phi) is 3.32. The van der Waals surface area contributed by atoms with Crippen LogP contribution in [0.25, 0.3) is 0 Å². The Hall–Kier alpha value is -2.16.